The van der Waals surface area contributed by atoms with Crippen LogP contribution in [0.1, 0.15) is 0 Å². The zero-order valence-electron chi connectivity index (χ0n) is 8.42. The second-order valence-electron chi connectivity index (χ2n) is 3.47. The lowest BCUT2D eigenvalue weighted by atomic mass is 10.1. The number of benzene rings is 1. The zero-order valence-corrected chi connectivity index (χ0v) is 9.24. The molecule has 0 saturated heterocycles. The molecular formula is C12H9N3S. The lowest BCUT2D eigenvalue weighted by Gasteiger charge is -2.03. The number of anilines is 1. The molecule has 2 N–H and O–H groups in total. The van der Waals surface area contributed by atoms with Gasteiger partial charge in [-0.1, -0.05) is 6.07 Å². The second-order valence-corrected chi connectivity index (χ2v) is 4.36. The molecule has 0 radical (unpaired) electrons. The van der Waals surface area contributed by atoms with Crippen molar-refractivity contribution in [2.75, 3.05) is 5.73 Å². The van der Waals surface area contributed by atoms with Crippen LogP contribution in [0.3, 0.4) is 0 Å². The maximum Gasteiger partial charge on any atom is 0.131 e. The topological polar surface area (TPSA) is 51.8 Å². The summed E-state index contributed by atoms with van der Waals surface area (Å²) < 4.78 is 1.19. The van der Waals surface area contributed by atoms with Crippen LogP contribution in [0.5, 0.6) is 0 Å². The minimum absolute atomic E-state index is 0.553. The molecular weight excluding hydrogens is 218 g/mol. The van der Waals surface area contributed by atoms with Gasteiger partial charge in [-0.15, -0.1) is 11.3 Å². The molecule has 0 fully saturated rings. The highest BCUT2D eigenvalue weighted by Gasteiger charge is 2.04. The van der Waals surface area contributed by atoms with Gasteiger partial charge in [0.1, 0.15) is 5.82 Å². The van der Waals surface area contributed by atoms with Gasteiger partial charge in [0.05, 0.1) is 15.7 Å². The highest BCUT2D eigenvalue weighted by Crippen LogP contribution is 2.28. The van der Waals surface area contributed by atoms with E-state index in [0.29, 0.717) is 5.82 Å². The van der Waals surface area contributed by atoms with Crippen molar-refractivity contribution in [3.63, 3.8) is 0 Å². The zero-order chi connectivity index (χ0) is 11.0. The molecule has 4 heteroatoms. The Bertz CT molecular complexity index is 645. The Hall–Kier alpha value is -1.94. The van der Waals surface area contributed by atoms with Crippen LogP contribution in [0.15, 0.2) is 42.0 Å². The lowest BCUT2D eigenvalue weighted by molar-refractivity contribution is 1.34. The van der Waals surface area contributed by atoms with Gasteiger partial charge in [-0.05, 0) is 29.8 Å². The SMILES string of the molecule is Nc1ncccc1-c1ccc2scnc2c1. The quantitative estimate of drug-likeness (QED) is 0.695. The number of hydrogen-bond acceptors (Lipinski definition) is 4. The van der Waals surface area contributed by atoms with Crippen molar-refractivity contribution in [3.05, 3.63) is 42.0 Å². The molecule has 0 atom stereocenters. The van der Waals surface area contributed by atoms with Gasteiger partial charge < -0.3 is 5.73 Å². The molecule has 1 aromatic carbocycles. The Morgan fingerprint density at radius 1 is 1.12 bits per heavy atom. The highest BCUT2D eigenvalue weighted by molar-refractivity contribution is 7.16. The maximum atomic E-state index is 5.84. The number of hydrogen-bond donors (Lipinski definition) is 1. The van der Waals surface area contributed by atoms with E-state index in [-0.39, 0.29) is 0 Å². The van der Waals surface area contributed by atoms with Gasteiger partial charge in [-0.2, -0.15) is 0 Å². The number of nitrogen functional groups attached to an aromatic ring is 1. The second kappa shape index (κ2) is 3.57. The van der Waals surface area contributed by atoms with Crippen LogP contribution < -0.4 is 5.73 Å². The van der Waals surface area contributed by atoms with Crippen molar-refractivity contribution in [1.29, 1.82) is 0 Å². The van der Waals surface area contributed by atoms with Crippen LogP contribution in [0.25, 0.3) is 21.3 Å². The number of pyridine rings is 1. The first kappa shape index (κ1) is 9.30. The van der Waals surface area contributed by atoms with E-state index in [1.807, 2.05) is 29.8 Å². The van der Waals surface area contributed by atoms with Crippen LogP contribution in [-0.2, 0) is 0 Å². The predicted octanol–water partition coefficient (Wildman–Crippen LogP) is 2.94. The van der Waals surface area contributed by atoms with Crippen LogP contribution in [-0.4, -0.2) is 9.97 Å². The van der Waals surface area contributed by atoms with E-state index >= 15 is 0 Å². The molecule has 0 aliphatic rings. The monoisotopic (exact) mass is 227 g/mol. The molecule has 3 nitrogen and oxygen atoms in total. The molecule has 2 aromatic heterocycles. The largest absolute Gasteiger partial charge is 0.383 e. The molecule has 0 aliphatic heterocycles. The summed E-state index contributed by atoms with van der Waals surface area (Å²) in [6, 6.07) is 10.0. The lowest BCUT2D eigenvalue weighted by Crippen LogP contribution is -1.92. The summed E-state index contributed by atoms with van der Waals surface area (Å²) in [5.74, 6) is 0.553. The Morgan fingerprint density at radius 3 is 2.94 bits per heavy atom. The van der Waals surface area contributed by atoms with E-state index in [9.17, 15) is 0 Å². The van der Waals surface area contributed by atoms with Gasteiger partial charge in [0, 0.05) is 11.8 Å². The first-order valence-electron chi connectivity index (χ1n) is 4.89. The molecule has 0 unspecified atom stereocenters. The van der Waals surface area contributed by atoms with E-state index in [0.717, 1.165) is 16.6 Å². The molecule has 78 valence electrons. The summed E-state index contributed by atoms with van der Waals surface area (Å²) >= 11 is 1.64. The summed E-state index contributed by atoms with van der Waals surface area (Å²) in [5, 5.41) is 0. The van der Waals surface area contributed by atoms with E-state index < -0.39 is 0 Å². The van der Waals surface area contributed by atoms with E-state index in [2.05, 4.69) is 16.0 Å². The van der Waals surface area contributed by atoms with E-state index in [4.69, 9.17) is 5.73 Å². The third-order valence-corrected chi connectivity index (χ3v) is 3.29. The van der Waals surface area contributed by atoms with Crippen LogP contribution >= 0.6 is 11.3 Å². The number of nitrogens with zero attached hydrogens (tertiary/aromatic N) is 2. The molecule has 0 amide bonds. The molecule has 2 heterocycles. The van der Waals surface area contributed by atoms with Crippen molar-refractivity contribution >= 4 is 27.4 Å². The first-order valence-corrected chi connectivity index (χ1v) is 5.77. The summed E-state index contributed by atoms with van der Waals surface area (Å²) in [6.07, 6.45) is 1.69. The Morgan fingerprint density at radius 2 is 2.06 bits per heavy atom. The number of nitrogens with two attached hydrogens (primary N) is 1. The summed E-state index contributed by atoms with van der Waals surface area (Å²) in [4.78, 5) is 8.38. The van der Waals surface area contributed by atoms with Crippen molar-refractivity contribution < 1.29 is 0 Å². The van der Waals surface area contributed by atoms with Crippen molar-refractivity contribution in [1.82, 2.24) is 9.97 Å². The Kier molecular flexibility index (Phi) is 2.08. The number of thiazole rings is 1. The summed E-state index contributed by atoms with van der Waals surface area (Å²) in [6.45, 7) is 0. The van der Waals surface area contributed by atoms with Crippen molar-refractivity contribution in [3.8, 4) is 11.1 Å². The third kappa shape index (κ3) is 1.44. The van der Waals surface area contributed by atoms with Gasteiger partial charge in [0.25, 0.3) is 0 Å². The smallest absolute Gasteiger partial charge is 0.131 e. The van der Waals surface area contributed by atoms with Crippen LogP contribution in [0, 0.1) is 0 Å². The molecule has 16 heavy (non-hydrogen) atoms. The van der Waals surface area contributed by atoms with Gasteiger partial charge in [-0.25, -0.2) is 9.97 Å². The summed E-state index contributed by atoms with van der Waals surface area (Å²) in [5.41, 5.74) is 10.7. The molecule has 0 aliphatic carbocycles. The fourth-order valence-corrected chi connectivity index (χ4v) is 2.35. The fraction of sp³-hybridized carbons (Fsp3) is 0. The van der Waals surface area contributed by atoms with Crippen LogP contribution in [0.4, 0.5) is 5.82 Å². The third-order valence-electron chi connectivity index (χ3n) is 2.48. The van der Waals surface area contributed by atoms with Gasteiger partial charge >= 0.3 is 0 Å². The van der Waals surface area contributed by atoms with Crippen molar-refractivity contribution in [2.45, 2.75) is 0 Å². The van der Waals surface area contributed by atoms with Crippen LogP contribution in [0.2, 0.25) is 0 Å². The van der Waals surface area contributed by atoms with Gasteiger partial charge in [0.15, 0.2) is 0 Å². The Balaban J connectivity index is 2.22. The molecule has 0 spiro atoms. The van der Waals surface area contributed by atoms with Gasteiger partial charge in [-0.3, -0.25) is 0 Å². The minimum Gasteiger partial charge on any atom is -0.383 e. The van der Waals surface area contributed by atoms with E-state index in [1.165, 1.54) is 4.70 Å². The molecule has 3 aromatic rings. The predicted molar refractivity (Wildman–Crippen MR) is 67.3 cm³/mol. The van der Waals surface area contributed by atoms with Crippen molar-refractivity contribution in [2.24, 2.45) is 0 Å². The average Bonchev–Trinajstić information content (AvgIpc) is 2.76. The number of aromatic nitrogens is 2. The summed E-state index contributed by atoms with van der Waals surface area (Å²) in [7, 11) is 0. The first-order chi connectivity index (χ1) is 7.84. The molecule has 3 rings (SSSR count). The normalized spacial score (nSPS) is 10.8. The molecule has 0 bridgehead atoms. The minimum atomic E-state index is 0.553. The highest BCUT2D eigenvalue weighted by atomic mass is 32.1. The number of fused-ring (bicyclic) bond motifs is 1. The Labute approximate surface area is 96.6 Å². The molecule has 0 saturated carbocycles. The number of rotatable bonds is 1. The standard InChI is InChI=1S/C12H9N3S/c13-12-9(2-1-5-14-12)8-3-4-11-10(6-8)15-7-16-11/h1-7H,(H2,13,14). The van der Waals surface area contributed by atoms with Gasteiger partial charge in [0.2, 0.25) is 0 Å². The maximum absolute atomic E-state index is 5.84. The fourth-order valence-electron chi connectivity index (χ4n) is 1.69. The van der Waals surface area contributed by atoms with E-state index in [1.54, 1.807) is 17.5 Å². The average molecular weight is 227 g/mol.